The number of amides is 1. The largest absolute Gasteiger partial charge is 0.508 e. The third-order valence-corrected chi connectivity index (χ3v) is 5.43. The molecule has 3 aromatic rings. The number of halogens is 2. The lowest BCUT2D eigenvalue weighted by molar-refractivity contribution is -0.139. The monoisotopic (exact) mass is 393 g/mol. The Bertz CT molecular complexity index is 987. The van der Waals surface area contributed by atoms with Crippen LogP contribution in [-0.2, 0) is 11.2 Å². The minimum Gasteiger partial charge on any atom is -0.508 e. The highest BCUT2D eigenvalue weighted by Crippen LogP contribution is 2.35. The van der Waals surface area contributed by atoms with E-state index in [1.54, 1.807) is 12.1 Å². The fourth-order valence-corrected chi connectivity index (χ4v) is 3.92. The Morgan fingerprint density at radius 2 is 1.88 bits per heavy atom. The van der Waals surface area contributed by atoms with Crippen molar-refractivity contribution in [2.75, 3.05) is 0 Å². The summed E-state index contributed by atoms with van der Waals surface area (Å²) in [6.45, 7) is 0. The number of carboxylic acid groups (broad SMARTS) is 1. The predicted molar refractivity (Wildman–Crippen MR) is 97.5 cm³/mol. The summed E-state index contributed by atoms with van der Waals surface area (Å²) in [5, 5.41) is 21.8. The van der Waals surface area contributed by atoms with E-state index in [2.05, 4.69) is 5.32 Å². The molecule has 1 heterocycles. The zero-order valence-corrected chi connectivity index (χ0v) is 14.8. The fourth-order valence-electron chi connectivity index (χ4n) is 2.48. The molecule has 2 aromatic carbocycles. The van der Waals surface area contributed by atoms with Crippen molar-refractivity contribution in [1.29, 1.82) is 0 Å². The Labute approximate surface area is 156 Å². The summed E-state index contributed by atoms with van der Waals surface area (Å²) in [5.41, 5.74) is 0.639. The van der Waals surface area contributed by atoms with Gasteiger partial charge in [0.2, 0.25) is 0 Å². The number of rotatable bonds is 5. The van der Waals surface area contributed by atoms with Crippen LogP contribution in [0.2, 0.25) is 5.02 Å². The van der Waals surface area contributed by atoms with Crippen molar-refractivity contribution in [2.45, 2.75) is 12.5 Å². The van der Waals surface area contributed by atoms with Gasteiger partial charge in [0.1, 0.15) is 22.5 Å². The van der Waals surface area contributed by atoms with Crippen molar-refractivity contribution in [1.82, 2.24) is 5.32 Å². The molecule has 0 radical (unpaired) electrons. The van der Waals surface area contributed by atoms with Crippen molar-refractivity contribution < 1.29 is 24.2 Å². The first-order valence-corrected chi connectivity index (χ1v) is 8.73. The lowest BCUT2D eigenvalue weighted by Crippen LogP contribution is -2.42. The average molecular weight is 394 g/mol. The number of aliphatic carboxylic acids is 1. The van der Waals surface area contributed by atoms with Crippen LogP contribution in [0.4, 0.5) is 4.39 Å². The molecule has 0 saturated carbocycles. The van der Waals surface area contributed by atoms with Crippen LogP contribution in [0.5, 0.6) is 5.75 Å². The van der Waals surface area contributed by atoms with Gasteiger partial charge >= 0.3 is 5.97 Å². The Morgan fingerprint density at radius 1 is 1.19 bits per heavy atom. The Hall–Kier alpha value is -2.64. The number of phenolic OH excluding ortho intramolecular Hbond substituents is 1. The molecular weight excluding hydrogens is 381 g/mol. The van der Waals surface area contributed by atoms with E-state index in [4.69, 9.17) is 11.6 Å². The third-order valence-electron chi connectivity index (χ3n) is 3.78. The van der Waals surface area contributed by atoms with E-state index in [1.807, 2.05) is 0 Å². The van der Waals surface area contributed by atoms with E-state index < -0.39 is 23.7 Å². The Kier molecular flexibility index (Phi) is 5.11. The van der Waals surface area contributed by atoms with E-state index in [0.29, 0.717) is 15.6 Å². The Balaban J connectivity index is 1.83. The van der Waals surface area contributed by atoms with Gasteiger partial charge in [-0.3, -0.25) is 4.79 Å². The smallest absolute Gasteiger partial charge is 0.326 e. The highest BCUT2D eigenvalue weighted by Gasteiger charge is 2.24. The van der Waals surface area contributed by atoms with Gasteiger partial charge < -0.3 is 15.5 Å². The lowest BCUT2D eigenvalue weighted by atomic mass is 10.1. The highest BCUT2D eigenvalue weighted by molar-refractivity contribution is 7.21. The minimum absolute atomic E-state index is 0.0402. The number of carboxylic acids is 1. The average Bonchev–Trinajstić information content (AvgIpc) is 2.92. The number of hydrogen-bond acceptors (Lipinski definition) is 4. The molecule has 1 unspecified atom stereocenters. The van der Waals surface area contributed by atoms with Gasteiger partial charge in [0.15, 0.2) is 0 Å². The minimum atomic E-state index is -1.20. The van der Waals surface area contributed by atoms with Crippen molar-refractivity contribution in [3.05, 3.63) is 63.7 Å². The molecule has 0 bridgehead atoms. The molecule has 0 fully saturated rings. The van der Waals surface area contributed by atoms with Gasteiger partial charge in [-0.25, -0.2) is 9.18 Å². The first kappa shape index (κ1) is 18.2. The van der Waals surface area contributed by atoms with Crippen LogP contribution in [0.3, 0.4) is 0 Å². The SMILES string of the molecule is O=C(NC(Cc1ccc(O)cc1)C(=O)O)c1sc2cc(F)ccc2c1Cl. The van der Waals surface area contributed by atoms with Crippen molar-refractivity contribution >= 4 is 44.9 Å². The quantitative estimate of drug-likeness (QED) is 0.615. The normalized spacial score (nSPS) is 12.1. The number of phenols is 1. The predicted octanol–water partition coefficient (Wildman–Crippen LogP) is 3.83. The molecule has 8 heteroatoms. The number of fused-ring (bicyclic) bond motifs is 1. The van der Waals surface area contributed by atoms with Crippen molar-refractivity contribution in [3.8, 4) is 5.75 Å². The summed E-state index contributed by atoms with van der Waals surface area (Å²) < 4.78 is 13.8. The molecule has 134 valence electrons. The number of aromatic hydroxyl groups is 1. The van der Waals surface area contributed by atoms with Crippen LogP contribution in [0.15, 0.2) is 42.5 Å². The second-order valence-corrected chi connectivity index (χ2v) is 7.05. The van der Waals surface area contributed by atoms with Crippen molar-refractivity contribution in [3.63, 3.8) is 0 Å². The highest BCUT2D eigenvalue weighted by atomic mass is 35.5. The lowest BCUT2D eigenvalue weighted by Gasteiger charge is -2.14. The van der Waals surface area contributed by atoms with Gasteiger partial charge in [-0.1, -0.05) is 23.7 Å². The zero-order valence-electron chi connectivity index (χ0n) is 13.2. The standard InChI is InChI=1S/C18H13ClFNO4S/c19-15-12-6-3-10(20)8-14(12)26-16(15)17(23)21-13(18(24)25)7-9-1-4-11(22)5-2-9/h1-6,8,13,22H,7H2,(H,21,23)(H,24,25). The summed E-state index contributed by atoms with van der Waals surface area (Å²) >= 11 is 7.20. The second-order valence-electron chi connectivity index (χ2n) is 5.62. The summed E-state index contributed by atoms with van der Waals surface area (Å²) in [6, 6.07) is 8.84. The van der Waals surface area contributed by atoms with E-state index in [-0.39, 0.29) is 22.1 Å². The van der Waals surface area contributed by atoms with Crippen LogP contribution in [-0.4, -0.2) is 28.1 Å². The molecule has 1 atom stereocenters. The van der Waals surface area contributed by atoms with Gasteiger partial charge in [-0.2, -0.15) is 0 Å². The van der Waals surface area contributed by atoms with Crippen LogP contribution in [0.1, 0.15) is 15.2 Å². The molecule has 0 aliphatic carbocycles. The number of hydrogen-bond donors (Lipinski definition) is 3. The maximum Gasteiger partial charge on any atom is 0.326 e. The van der Waals surface area contributed by atoms with Crippen LogP contribution in [0, 0.1) is 5.82 Å². The maximum absolute atomic E-state index is 13.3. The molecule has 0 aliphatic heterocycles. The number of carbonyl (C=O) groups excluding carboxylic acids is 1. The maximum atomic E-state index is 13.3. The van der Waals surface area contributed by atoms with Gasteiger partial charge in [0, 0.05) is 16.5 Å². The number of benzene rings is 2. The van der Waals surface area contributed by atoms with Gasteiger partial charge in [-0.15, -0.1) is 11.3 Å². The number of carbonyl (C=O) groups is 2. The van der Waals surface area contributed by atoms with Crippen LogP contribution < -0.4 is 5.32 Å². The van der Waals surface area contributed by atoms with Gasteiger partial charge in [0.25, 0.3) is 5.91 Å². The Morgan fingerprint density at radius 3 is 2.54 bits per heavy atom. The molecule has 0 aliphatic rings. The molecule has 1 aromatic heterocycles. The summed E-state index contributed by atoms with van der Waals surface area (Å²) in [4.78, 5) is 24.1. The van der Waals surface area contributed by atoms with E-state index in [0.717, 1.165) is 11.3 Å². The van der Waals surface area contributed by atoms with Crippen LogP contribution >= 0.6 is 22.9 Å². The summed E-state index contributed by atoms with van der Waals surface area (Å²) in [6.07, 6.45) is 0.0402. The number of thiophene rings is 1. The van der Waals surface area contributed by atoms with Gasteiger partial charge in [0.05, 0.1) is 5.02 Å². The molecule has 5 nitrogen and oxygen atoms in total. The molecular formula is C18H13ClFNO4S. The second kappa shape index (κ2) is 7.31. The molecule has 0 saturated heterocycles. The first-order chi connectivity index (χ1) is 12.3. The van der Waals surface area contributed by atoms with E-state index >= 15 is 0 Å². The zero-order chi connectivity index (χ0) is 18.8. The van der Waals surface area contributed by atoms with E-state index in [1.165, 1.54) is 30.3 Å². The first-order valence-electron chi connectivity index (χ1n) is 7.54. The molecule has 0 spiro atoms. The fraction of sp³-hybridized carbons (Fsp3) is 0.111. The summed E-state index contributed by atoms with van der Waals surface area (Å²) in [5.74, 6) is -2.22. The molecule has 1 amide bonds. The van der Waals surface area contributed by atoms with Crippen LogP contribution in [0.25, 0.3) is 10.1 Å². The summed E-state index contributed by atoms with van der Waals surface area (Å²) in [7, 11) is 0. The molecule has 3 N–H and O–H groups in total. The van der Waals surface area contributed by atoms with E-state index in [9.17, 15) is 24.2 Å². The van der Waals surface area contributed by atoms with Crippen molar-refractivity contribution in [2.24, 2.45) is 0 Å². The molecule has 26 heavy (non-hydrogen) atoms. The topological polar surface area (TPSA) is 86.6 Å². The van der Waals surface area contributed by atoms with Gasteiger partial charge in [-0.05, 0) is 35.9 Å². The third kappa shape index (κ3) is 3.79. The molecule has 3 rings (SSSR count). The number of nitrogens with one attached hydrogen (secondary N) is 1.